The Labute approximate surface area is 193 Å². The van der Waals surface area contributed by atoms with Crippen LogP contribution in [0, 0.1) is 0 Å². The molecule has 1 aromatic heterocycles. The molecular weight excluding hydrogens is 426 g/mol. The SMILES string of the molecule is CN(Cc1ccc2c(Cl)cnc(N=C(N)N)c2c1)C(C(=O)OC(C)(C)C)c1ccccc1. The summed E-state index contributed by atoms with van der Waals surface area (Å²) in [6.45, 7) is 6.05. The first-order valence-corrected chi connectivity index (χ1v) is 10.6. The molecule has 3 aromatic rings. The number of pyridine rings is 1. The van der Waals surface area contributed by atoms with Gasteiger partial charge in [0, 0.05) is 23.5 Å². The number of ether oxygens (including phenoxy) is 1. The minimum atomic E-state index is -0.592. The van der Waals surface area contributed by atoms with E-state index in [0.29, 0.717) is 17.4 Å². The summed E-state index contributed by atoms with van der Waals surface area (Å²) in [6.07, 6.45) is 1.52. The molecule has 0 amide bonds. The van der Waals surface area contributed by atoms with Crippen LogP contribution >= 0.6 is 11.6 Å². The molecule has 0 aliphatic heterocycles. The predicted octanol–water partition coefficient (Wildman–Crippen LogP) is 4.31. The van der Waals surface area contributed by atoms with Crippen LogP contribution in [0.15, 0.2) is 59.7 Å². The number of aromatic nitrogens is 1. The number of nitrogens with zero attached hydrogens (tertiary/aromatic N) is 3. The van der Waals surface area contributed by atoms with Crippen LogP contribution in [0.3, 0.4) is 0 Å². The van der Waals surface area contributed by atoms with E-state index in [0.717, 1.165) is 21.9 Å². The third kappa shape index (κ3) is 5.75. The maximum Gasteiger partial charge on any atom is 0.328 e. The summed E-state index contributed by atoms with van der Waals surface area (Å²) < 4.78 is 5.71. The summed E-state index contributed by atoms with van der Waals surface area (Å²) in [6, 6.07) is 14.8. The maximum atomic E-state index is 13.1. The van der Waals surface area contributed by atoms with Crippen LogP contribution in [0.25, 0.3) is 10.8 Å². The Kier molecular flexibility index (Phi) is 7.01. The molecule has 4 N–H and O–H groups in total. The predicted molar refractivity (Wildman–Crippen MR) is 129 cm³/mol. The molecule has 0 saturated carbocycles. The average Bonchev–Trinajstić information content (AvgIpc) is 2.69. The summed E-state index contributed by atoms with van der Waals surface area (Å²) in [7, 11) is 1.89. The molecule has 32 heavy (non-hydrogen) atoms. The lowest BCUT2D eigenvalue weighted by molar-refractivity contribution is -0.161. The first-order chi connectivity index (χ1) is 15.0. The molecule has 0 aliphatic rings. The molecule has 0 saturated heterocycles. The van der Waals surface area contributed by atoms with Gasteiger partial charge >= 0.3 is 5.97 Å². The Morgan fingerprint density at radius 2 is 1.84 bits per heavy atom. The van der Waals surface area contributed by atoms with Crippen molar-refractivity contribution in [1.29, 1.82) is 0 Å². The number of nitrogens with two attached hydrogens (primary N) is 2. The molecule has 0 radical (unpaired) electrons. The summed E-state index contributed by atoms with van der Waals surface area (Å²) in [5.41, 5.74) is 12.3. The number of hydrogen-bond donors (Lipinski definition) is 2. The second-order valence-corrected chi connectivity index (χ2v) is 9.02. The molecule has 1 atom stereocenters. The van der Waals surface area contributed by atoms with Gasteiger partial charge in [-0.1, -0.05) is 54.1 Å². The molecule has 3 rings (SSSR count). The number of aliphatic imine (C=N–C) groups is 1. The van der Waals surface area contributed by atoms with Crippen LogP contribution < -0.4 is 11.5 Å². The zero-order valence-corrected chi connectivity index (χ0v) is 19.4. The van der Waals surface area contributed by atoms with Crippen molar-refractivity contribution < 1.29 is 9.53 Å². The van der Waals surface area contributed by atoms with Gasteiger partial charge < -0.3 is 16.2 Å². The van der Waals surface area contributed by atoms with Gasteiger partial charge in [-0.05, 0) is 45.0 Å². The number of guanidine groups is 1. The largest absolute Gasteiger partial charge is 0.459 e. The van der Waals surface area contributed by atoms with Gasteiger partial charge in [-0.2, -0.15) is 4.99 Å². The van der Waals surface area contributed by atoms with Gasteiger partial charge in [0.15, 0.2) is 11.8 Å². The molecule has 0 aliphatic carbocycles. The van der Waals surface area contributed by atoms with Crippen molar-refractivity contribution in [1.82, 2.24) is 9.88 Å². The minimum Gasteiger partial charge on any atom is -0.459 e. The number of esters is 1. The molecule has 2 aromatic carbocycles. The van der Waals surface area contributed by atoms with Gasteiger partial charge in [-0.25, -0.2) is 9.78 Å². The highest BCUT2D eigenvalue weighted by molar-refractivity contribution is 6.35. The second kappa shape index (κ2) is 9.54. The first-order valence-electron chi connectivity index (χ1n) is 10.2. The number of carbonyl (C=O) groups is 1. The van der Waals surface area contributed by atoms with Crippen molar-refractivity contribution in [2.24, 2.45) is 16.5 Å². The van der Waals surface area contributed by atoms with Crippen molar-refractivity contribution >= 4 is 40.1 Å². The molecule has 0 bridgehead atoms. The number of hydrogen-bond acceptors (Lipinski definition) is 5. The van der Waals surface area contributed by atoms with Crippen LogP contribution in [0.1, 0.15) is 37.9 Å². The molecule has 1 unspecified atom stereocenters. The van der Waals surface area contributed by atoms with E-state index in [2.05, 4.69) is 9.98 Å². The number of benzene rings is 2. The summed E-state index contributed by atoms with van der Waals surface area (Å²) in [5, 5.41) is 2.02. The Morgan fingerprint density at radius 1 is 1.16 bits per heavy atom. The molecular formula is C24H28ClN5O2. The van der Waals surface area contributed by atoms with Crippen molar-refractivity contribution in [2.45, 2.75) is 39.0 Å². The zero-order chi connectivity index (χ0) is 23.5. The number of fused-ring (bicyclic) bond motifs is 1. The van der Waals surface area contributed by atoms with Gasteiger partial charge in [-0.3, -0.25) is 4.90 Å². The Morgan fingerprint density at radius 3 is 2.47 bits per heavy atom. The van der Waals surface area contributed by atoms with E-state index in [4.69, 9.17) is 27.8 Å². The van der Waals surface area contributed by atoms with Crippen molar-refractivity contribution in [3.05, 3.63) is 70.9 Å². The lowest BCUT2D eigenvalue weighted by atomic mass is 10.0. The summed E-state index contributed by atoms with van der Waals surface area (Å²) >= 11 is 6.31. The highest BCUT2D eigenvalue weighted by atomic mass is 35.5. The zero-order valence-electron chi connectivity index (χ0n) is 18.7. The van der Waals surface area contributed by atoms with Crippen LogP contribution in [0.5, 0.6) is 0 Å². The number of halogens is 1. The van der Waals surface area contributed by atoms with E-state index >= 15 is 0 Å². The second-order valence-electron chi connectivity index (χ2n) is 8.61. The highest BCUT2D eigenvalue weighted by Gasteiger charge is 2.30. The van der Waals surface area contributed by atoms with Crippen molar-refractivity contribution in [3.8, 4) is 0 Å². The number of rotatable bonds is 6. The third-order valence-electron chi connectivity index (χ3n) is 4.74. The highest BCUT2D eigenvalue weighted by Crippen LogP contribution is 2.32. The summed E-state index contributed by atoms with van der Waals surface area (Å²) in [4.78, 5) is 23.4. The van der Waals surface area contributed by atoms with Crippen LogP contribution in [0.2, 0.25) is 5.02 Å². The molecule has 7 nitrogen and oxygen atoms in total. The summed E-state index contributed by atoms with van der Waals surface area (Å²) in [5.74, 6) is -0.00346. The maximum absolute atomic E-state index is 13.1. The first kappa shape index (κ1) is 23.5. The molecule has 0 spiro atoms. The smallest absolute Gasteiger partial charge is 0.328 e. The van der Waals surface area contributed by atoms with Crippen LogP contribution in [-0.2, 0) is 16.1 Å². The van der Waals surface area contributed by atoms with E-state index < -0.39 is 11.6 Å². The minimum absolute atomic E-state index is 0.0855. The molecule has 0 fully saturated rings. The van der Waals surface area contributed by atoms with E-state index in [9.17, 15) is 4.79 Å². The fourth-order valence-corrected chi connectivity index (χ4v) is 3.71. The molecule has 8 heteroatoms. The van der Waals surface area contributed by atoms with Crippen LogP contribution in [0.4, 0.5) is 5.82 Å². The fourth-order valence-electron chi connectivity index (χ4n) is 3.49. The number of carbonyl (C=O) groups excluding carboxylic acids is 1. The lowest BCUT2D eigenvalue weighted by Crippen LogP contribution is -2.36. The monoisotopic (exact) mass is 453 g/mol. The topological polar surface area (TPSA) is 107 Å². The lowest BCUT2D eigenvalue weighted by Gasteiger charge is -2.30. The van der Waals surface area contributed by atoms with Gasteiger partial charge in [0.1, 0.15) is 11.6 Å². The van der Waals surface area contributed by atoms with E-state index in [1.165, 1.54) is 6.20 Å². The normalized spacial score (nSPS) is 12.6. The quantitative estimate of drug-likeness (QED) is 0.327. The average molecular weight is 454 g/mol. The van der Waals surface area contributed by atoms with Gasteiger partial charge in [0.05, 0.1) is 5.02 Å². The van der Waals surface area contributed by atoms with E-state index in [1.54, 1.807) is 0 Å². The van der Waals surface area contributed by atoms with Crippen molar-refractivity contribution in [3.63, 3.8) is 0 Å². The van der Waals surface area contributed by atoms with E-state index in [-0.39, 0.29) is 11.9 Å². The van der Waals surface area contributed by atoms with Crippen LogP contribution in [-0.4, -0.2) is 34.5 Å². The van der Waals surface area contributed by atoms with Gasteiger partial charge in [0.2, 0.25) is 0 Å². The molecule has 1 heterocycles. The standard InChI is InChI=1S/C24H28ClN5O2/c1-24(2,3)32-22(31)20(16-8-6-5-7-9-16)30(4)14-15-10-11-17-18(12-15)21(29-23(26)27)28-13-19(17)25/h5-13,20H,14H2,1-4H3,(H4,26,27,28,29). The Bertz CT molecular complexity index is 1140. The van der Waals surface area contributed by atoms with Crippen molar-refractivity contribution in [2.75, 3.05) is 7.05 Å². The number of likely N-dealkylation sites (N-methyl/N-ethyl adjacent to an activating group) is 1. The molecule has 168 valence electrons. The van der Waals surface area contributed by atoms with E-state index in [1.807, 2.05) is 81.2 Å². The third-order valence-corrected chi connectivity index (χ3v) is 5.04. The fraction of sp³-hybridized carbons (Fsp3) is 0.292. The Balaban J connectivity index is 1.97. The van der Waals surface area contributed by atoms with Gasteiger partial charge in [0.25, 0.3) is 0 Å². The Hall–Kier alpha value is -3.16. The van der Waals surface area contributed by atoms with Gasteiger partial charge in [-0.15, -0.1) is 0 Å².